The first-order valence-electron chi connectivity index (χ1n) is 9.87. The third-order valence-corrected chi connectivity index (χ3v) is 6.34. The molecule has 27 heavy (non-hydrogen) atoms. The molecule has 0 amide bonds. The zero-order chi connectivity index (χ0) is 18.8. The molecular weight excluding hydrogens is 334 g/mol. The highest BCUT2D eigenvalue weighted by molar-refractivity contribution is 5.90. The third-order valence-electron chi connectivity index (χ3n) is 6.34. The highest BCUT2D eigenvalue weighted by atomic mass is 16.5. The van der Waals surface area contributed by atoms with E-state index in [9.17, 15) is 0 Å². The van der Waals surface area contributed by atoms with Crippen LogP contribution in [0.15, 0.2) is 36.7 Å². The summed E-state index contributed by atoms with van der Waals surface area (Å²) in [6, 6.07) is 8.87. The second kappa shape index (κ2) is 5.91. The molecule has 2 aromatic heterocycles. The Morgan fingerprint density at radius 2 is 2.00 bits per heavy atom. The molecular formula is C23H27N3O. The molecule has 4 nitrogen and oxygen atoms in total. The summed E-state index contributed by atoms with van der Waals surface area (Å²) in [5.74, 6) is 0. The summed E-state index contributed by atoms with van der Waals surface area (Å²) in [6.07, 6.45) is 4.87. The number of hydrogen-bond acceptors (Lipinski definition) is 3. The van der Waals surface area contributed by atoms with Gasteiger partial charge >= 0.3 is 0 Å². The van der Waals surface area contributed by atoms with Gasteiger partial charge in [0.2, 0.25) is 0 Å². The minimum absolute atomic E-state index is 0.0425. The van der Waals surface area contributed by atoms with E-state index in [0.29, 0.717) is 0 Å². The SMILES string of the molecule is Cc1cc2c3c(c1)c1c(n3C[C@@](C)(c3ccncc3)O[C@H]2C)CCN(C)C1. The molecule has 1 aromatic carbocycles. The van der Waals surface area contributed by atoms with Crippen molar-refractivity contribution in [1.29, 1.82) is 0 Å². The van der Waals surface area contributed by atoms with Gasteiger partial charge in [0.15, 0.2) is 0 Å². The molecule has 5 rings (SSSR count). The van der Waals surface area contributed by atoms with Gasteiger partial charge < -0.3 is 14.2 Å². The van der Waals surface area contributed by atoms with Crippen LogP contribution in [0.3, 0.4) is 0 Å². The van der Waals surface area contributed by atoms with E-state index in [-0.39, 0.29) is 11.7 Å². The van der Waals surface area contributed by atoms with Gasteiger partial charge in [-0.15, -0.1) is 0 Å². The second-order valence-corrected chi connectivity index (χ2v) is 8.48. The third kappa shape index (κ3) is 2.54. The van der Waals surface area contributed by atoms with Crippen molar-refractivity contribution in [2.45, 2.75) is 52.0 Å². The van der Waals surface area contributed by atoms with E-state index >= 15 is 0 Å². The van der Waals surface area contributed by atoms with Gasteiger partial charge in [-0.25, -0.2) is 0 Å². The maximum atomic E-state index is 6.72. The van der Waals surface area contributed by atoms with Crippen LogP contribution in [0, 0.1) is 6.92 Å². The first-order chi connectivity index (χ1) is 13.0. The van der Waals surface area contributed by atoms with Crippen LogP contribution in [0.2, 0.25) is 0 Å². The van der Waals surface area contributed by atoms with Crippen LogP contribution < -0.4 is 0 Å². The smallest absolute Gasteiger partial charge is 0.109 e. The first-order valence-corrected chi connectivity index (χ1v) is 9.87. The number of aryl methyl sites for hydroxylation is 1. The Kier molecular flexibility index (Phi) is 3.72. The molecule has 2 aliphatic heterocycles. The van der Waals surface area contributed by atoms with Gasteiger partial charge in [0.1, 0.15) is 5.60 Å². The molecule has 4 heterocycles. The summed E-state index contributed by atoms with van der Waals surface area (Å²) < 4.78 is 9.29. The Labute approximate surface area is 160 Å². The summed E-state index contributed by atoms with van der Waals surface area (Å²) in [5.41, 5.74) is 7.83. The molecule has 0 saturated carbocycles. The van der Waals surface area contributed by atoms with Gasteiger partial charge in [0.25, 0.3) is 0 Å². The lowest BCUT2D eigenvalue weighted by Gasteiger charge is -2.33. The molecule has 0 unspecified atom stereocenters. The number of aromatic nitrogens is 2. The molecule has 0 spiro atoms. The van der Waals surface area contributed by atoms with Crippen molar-refractivity contribution in [3.63, 3.8) is 0 Å². The zero-order valence-corrected chi connectivity index (χ0v) is 16.6. The van der Waals surface area contributed by atoms with Crippen molar-refractivity contribution in [3.05, 3.63) is 64.6 Å². The predicted octanol–water partition coefficient (Wildman–Crippen LogP) is 4.34. The molecule has 0 N–H and O–H groups in total. The molecule has 0 bridgehead atoms. The average molecular weight is 361 g/mol. The van der Waals surface area contributed by atoms with Crippen LogP contribution in [0.1, 0.15) is 47.9 Å². The second-order valence-electron chi connectivity index (χ2n) is 8.48. The molecule has 0 radical (unpaired) electrons. The molecule has 4 heteroatoms. The van der Waals surface area contributed by atoms with Crippen LogP contribution in [0.4, 0.5) is 0 Å². The summed E-state index contributed by atoms with van der Waals surface area (Å²) in [6.45, 7) is 9.61. The van der Waals surface area contributed by atoms with Gasteiger partial charge in [-0.1, -0.05) is 11.6 Å². The summed E-state index contributed by atoms with van der Waals surface area (Å²) in [4.78, 5) is 6.64. The van der Waals surface area contributed by atoms with Gasteiger partial charge in [-0.2, -0.15) is 0 Å². The number of benzene rings is 1. The van der Waals surface area contributed by atoms with Crippen molar-refractivity contribution >= 4 is 10.9 Å². The Morgan fingerprint density at radius 1 is 1.22 bits per heavy atom. The molecule has 3 aromatic rings. The van der Waals surface area contributed by atoms with Gasteiger partial charge in [0.05, 0.1) is 18.2 Å². The molecule has 0 fully saturated rings. The fourth-order valence-electron chi connectivity index (χ4n) is 5.04. The topological polar surface area (TPSA) is 30.3 Å². The molecule has 140 valence electrons. The van der Waals surface area contributed by atoms with E-state index in [1.807, 2.05) is 12.4 Å². The Hall–Kier alpha value is -2.17. The lowest BCUT2D eigenvalue weighted by Crippen LogP contribution is -2.33. The summed E-state index contributed by atoms with van der Waals surface area (Å²) >= 11 is 0. The number of hydrogen-bond donors (Lipinski definition) is 0. The van der Waals surface area contributed by atoms with E-state index in [1.165, 1.54) is 38.9 Å². The minimum Gasteiger partial charge on any atom is -0.361 e. The average Bonchev–Trinajstić information content (AvgIpc) is 2.87. The van der Waals surface area contributed by atoms with Crippen LogP contribution >= 0.6 is 0 Å². The Morgan fingerprint density at radius 3 is 2.78 bits per heavy atom. The van der Waals surface area contributed by atoms with E-state index < -0.39 is 0 Å². The minimum atomic E-state index is -0.377. The van der Waals surface area contributed by atoms with Crippen molar-refractivity contribution in [2.75, 3.05) is 13.6 Å². The number of rotatable bonds is 1. The quantitative estimate of drug-likeness (QED) is 0.646. The van der Waals surface area contributed by atoms with Crippen LogP contribution in [-0.2, 0) is 29.8 Å². The monoisotopic (exact) mass is 361 g/mol. The number of fused-ring (bicyclic) bond motifs is 3. The maximum Gasteiger partial charge on any atom is 0.109 e. The molecule has 0 aliphatic carbocycles. The number of pyridine rings is 1. The van der Waals surface area contributed by atoms with Crippen LogP contribution in [0.5, 0.6) is 0 Å². The van der Waals surface area contributed by atoms with Crippen LogP contribution in [0.25, 0.3) is 10.9 Å². The van der Waals surface area contributed by atoms with E-state index in [2.05, 4.69) is 66.5 Å². The van der Waals surface area contributed by atoms with Crippen LogP contribution in [-0.4, -0.2) is 28.0 Å². The largest absolute Gasteiger partial charge is 0.361 e. The van der Waals surface area contributed by atoms with E-state index in [0.717, 1.165) is 26.1 Å². The molecule has 2 aliphatic rings. The highest BCUT2D eigenvalue weighted by Gasteiger charge is 2.37. The van der Waals surface area contributed by atoms with Gasteiger partial charge in [-0.05, 0) is 57.1 Å². The summed E-state index contributed by atoms with van der Waals surface area (Å²) in [7, 11) is 2.22. The fourth-order valence-corrected chi connectivity index (χ4v) is 5.04. The number of nitrogens with zero attached hydrogens (tertiary/aromatic N) is 3. The predicted molar refractivity (Wildman–Crippen MR) is 108 cm³/mol. The normalized spacial score (nSPS) is 25.4. The maximum absolute atomic E-state index is 6.72. The zero-order valence-electron chi connectivity index (χ0n) is 16.6. The molecule has 0 saturated heterocycles. The standard InChI is InChI=1S/C23H27N3O/c1-15-11-18-16(2)27-23(3,17-5-8-24-9-6-17)14-26-21-7-10-25(4)13-20(21)19(12-15)22(18)26/h5-6,8-9,11-12,16H,7,10,13-14H2,1-4H3/t16-,23-/m0/s1. The van der Waals surface area contributed by atoms with E-state index in [1.54, 1.807) is 0 Å². The van der Waals surface area contributed by atoms with Crippen molar-refractivity contribution in [1.82, 2.24) is 14.5 Å². The lowest BCUT2D eigenvalue weighted by atomic mass is 9.95. The Balaban J connectivity index is 1.78. The van der Waals surface area contributed by atoms with Crippen molar-refractivity contribution in [2.24, 2.45) is 0 Å². The van der Waals surface area contributed by atoms with Gasteiger partial charge in [-0.3, -0.25) is 4.98 Å². The highest BCUT2D eigenvalue weighted by Crippen LogP contribution is 2.44. The van der Waals surface area contributed by atoms with Crippen molar-refractivity contribution in [3.8, 4) is 0 Å². The first kappa shape index (κ1) is 17.0. The van der Waals surface area contributed by atoms with Crippen molar-refractivity contribution < 1.29 is 4.74 Å². The van der Waals surface area contributed by atoms with Gasteiger partial charge in [0, 0.05) is 48.5 Å². The number of likely N-dealkylation sites (N-methyl/N-ethyl adjacent to an activating group) is 1. The number of ether oxygens (including phenoxy) is 1. The molecule has 2 atom stereocenters. The fraction of sp³-hybridized carbons (Fsp3) is 0.435. The Bertz CT molecular complexity index is 1020. The van der Waals surface area contributed by atoms with E-state index in [4.69, 9.17) is 4.74 Å². The summed E-state index contributed by atoms with van der Waals surface area (Å²) in [5, 5.41) is 1.42. The lowest BCUT2D eigenvalue weighted by molar-refractivity contribution is -0.0884.